The largest absolute Gasteiger partial charge is 0.326 e. The predicted octanol–water partition coefficient (Wildman–Crippen LogP) is 4.24. The van der Waals surface area contributed by atoms with Crippen LogP contribution in [0.15, 0.2) is 29.4 Å². The summed E-state index contributed by atoms with van der Waals surface area (Å²) in [6.45, 7) is 1.87. The molecule has 0 spiro atoms. The Bertz CT molecular complexity index is 672. The molecule has 2 saturated carbocycles. The molecule has 5 nitrogen and oxygen atoms in total. The van der Waals surface area contributed by atoms with Gasteiger partial charge in [0.25, 0.3) is 0 Å². The van der Waals surface area contributed by atoms with Gasteiger partial charge in [-0.3, -0.25) is 9.59 Å². The van der Waals surface area contributed by atoms with Crippen molar-refractivity contribution in [2.24, 2.45) is 16.9 Å². The first-order valence-electron chi connectivity index (χ1n) is 9.89. The van der Waals surface area contributed by atoms with Crippen LogP contribution in [0.5, 0.6) is 0 Å². The first kappa shape index (κ1) is 18.6. The Kier molecular flexibility index (Phi) is 6.42. The predicted molar refractivity (Wildman–Crippen MR) is 104 cm³/mol. The standard InChI is InChI=1S/C21H29N3O2/c1-15(23-24-21(26)17-8-3-2-4-9-17)18-12-7-13-19(14-18)22-20(25)16-10-5-6-11-16/h7,12-14,16-17H,2-6,8-11H2,1H3,(H,22,25)(H,24,26)/b23-15-. The summed E-state index contributed by atoms with van der Waals surface area (Å²) in [4.78, 5) is 24.5. The molecular formula is C21H29N3O2. The number of hydrogen-bond donors (Lipinski definition) is 2. The van der Waals surface area contributed by atoms with Crippen LogP contribution in [0.1, 0.15) is 70.3 Å². The maximum Gasteiger partial charge on any atom is 0.243 e. The van der Waals surface area contributed by atoms with Crippen LogP contribution >= 0.6 is 0 Å². The Morgan fingerprint density at radius 3 is 2.23 bits per heavy atom. The van der Waals surface area contributed by atoms with Gasteiger partial charge in [0.2, 0.25) is 11.8 Å². The van der Waals surface area contributed by atoms with E-state index < -0.39 is 0 Å². The van der Waals surface area contributed by atoms with Gasteiger partial charge in [-0.15, -0.1) is 0 Å². The van der Waals surface area contributed by atoms with E-state index in [4.69, 9.17) is 0 Å². The van der Waals surface area contributed by atoms with Gasteiger partial charge in [-0.05, 0) is 50.3 Å². The monoisotopic (exact) mass is 355 g/mol. The van der Waals surface area contributed by atoms with Gasteiger partial charge in [0.1, 0.15) is 0 Å². The Morgan fingerprint density at radius 1 is 0.923 bits per heavy atom. The minimum atomic E-state index is 0.0229. The van der Waals surface area contributed by atoms with Crippen LogP contribution in [-0.4, -0.2) is 17.5 Å². The maximum absolute atomic E-state index is 12.3. The summed E-state index contributed by atoms with van der Waals surface area (Å²) < 4.78 is 0. The fourth-order valence-corrected chi connectivity index (χ4v) is 3.91. The number of amides is 2. The summed E-state index contributed by atoms with van der Waals surface area (Å²) in [5.74, 6) is 0.370. The number of benzene rings is 1. The molecule has 140 valence electrons. The van der Waals surface area contributed by atoms with Crippen LogP contribution in [0.3, 0.4) is 0 Å². The highest BCUT2D eigenvalue weighted by Crippen LogP contribution is 2.26. The Hall–Kier alpha value is -2.17. The zero-order valence-electron chi connectivity index (χ0n) is 15.6. The molecule has 2 aliphatic rings. The first-order valence-corrected chi connectivity index (χ1v) is 9.89. The maximum atomic E-state index is 12.3. The van der Waals surface area contributed by atoms with Crippen LogP contribution in [0.2, 0.25) is 0 Å². The highest BCUT2D eigenvalue weighted by Gasteiger charge is 2.23. The third kappa shape index (κ3) is 4.93. The van der Waals surface area contributed by atoms with Gasteiger partial charge in [-0.25, -0.2) is 5.43 Å². The van der Waals surface area contributed by atoms with Gasteiger partial charge >= 0.3 is 0 Å². The first-order chi connectivity index (χ1) is 12.6. The molecule has 0 saturated heterocycles. The van der Waals surface area contributed by atoms with E-state index in [-0.39, 0.29) is 23.7 Å². The van der Waals surface area contributed by atoms with Gasteiger partial charge in [0.05, 0.1) is 5.71 Å². The quantitative estimate of drug-likeness (QED) is 0.613. The number of nitrogens with one attached hydrogen (secondary N) is 2. The third-order valence-electron chi connectivity index (χ3n) is 5.58. The molecule has 0 bridgehead atoms. The topological polar surface area (TPSA) is 70.6 Å². The number of carbonyl (C=O) groups is 2. The summed E-state index contributed by atoms with van der Waals surface area (Å²) >= 11 is 0. The van der Waals surface area contributed by atoms with E-state index in [9.17, 15) is 9.59 Å². The minimum absolute atomic E-state index is 0.0229. The molecule has 0 radical (unpaired) electrons. The molecule has 26 heavy (non-hydrogen) atoms. The smallest absolute Gasteiger partial charge is 0.243 e. The van der Waals surface area contributed by atoms with Crippen LogP contribution in [0.4, 0.5) is 5.69 Å². The number of anilines is 1. The van der Waals surface area contributed by atoms with Gasteiger partial charge in [0, 0.05) is 17.5 Å². The van der Waals surface area contributed by atoms with E-state index in [1.165, 1.54) is 6.42 Å². The summed E-state index contributed by atoms with van der Waals surface area (Å²) in [7, 11) is 0. The van der Waals surface area contributed by atoms with Crippen molar-refractivity contribution in [3.05, 3.63) is 29.8 Å². The zero-order chi connectivity index (χ0) is 18.4. The highest BCUT2D eigenvalue weighted by atomic mass is 16.2. The summed E-state index contributed by atoms with van der Waals surface area (Å²) in [6.07, 6.45) is 9.66. The molecule has 0 aliphatic heterocycles. The molecule has 2 amide bonds. The number of carbonyl (C=O) groups excluding carboxylic acids is 2. The third-order valence-corrected chi connectivity index (χ3v) is 5.58. The Labute approximate surface area is 155 Å². The molecule has 1 aromatic carbocycles. The van der Waals surface area contributed by atoms with Crippen LogP contribution in [-0.2, 0) is 9.59 Å². The summed E-state index contributed by atoms with van der Waals surface area (Å²) in [5.41, 5.74) is 5.14. The van der Waals surface area contributed by atoms with Gasteiger partial charge in [-0.2, -0.15) is 5.10 Å². The van der Waals surface area contributed by atoms with Crippen molar-refractivity contribution in [1.82, 2.24) is 5.43 Å². The van der Waals surface area contributed by atoms with E-state index >= 15 is 0 Å². The SMILES string of the molecule is C/C(=N/NC(=O)C1CCCCC1)c1cccc(NC(=O)C2CCCC2)c1. The molecule has 0 heterocycles. The minimum Gasteiger partial charge on any atom is -0.326 e. The molecule has 5 heteroatoms. The second kappa shape index (κ2) is 8.97. The van der Waals surface area contributed by atoms with Crippen molar-refractivity contribution < 1.29 is 9.59 Å². The van der Waals surface area contributed by atoms with E-state index in [0.29, 0.717) is 0 Å². The normalized spacial score (nSPS) is 19.3. The van der Waals surface area contributed by atoms with Crippen molar-refractivity contribution in [1.29, 1.82) is 0 Å². The van der Waals surface area contributed by atoms with Crippen LogP contribution in [0.25, 0.3) is 0 Å². The number of rotatable bonds is 5. The molecule has 0 atom stereocenters. The highest BCUT2D eigenvalue weighted by molar-refractivity contribution is 6.01. The molecular weight excluding hydrogens is 326 g/mol. The van der Waals surface area contributed by atoms with Gasteiger partial charge < -0.3 is 5.32 Å². The lowest BCUT2D eigenvalue weighted by Gasteiger charge is -2.19. The summed E-state index contributed by atoms with van der Waals surface area (Å²) in [5, 5.41) is 7.29. The van der Waals surface area contributed by atoms with Crippen molar-refractivity contribution in [2.75, 3.05) is 5.32 Å². The van der Waals surface area contributed by atoms with Crippen molar-refractivity contribution >= 4 is 23.2 Å². The molecule has 2 fully saturated rings. The van der Waals surface area contributed by atoms with Crippen LogP contribution in [0, 0.1) is 11.8 Å². The zero-order valence-corrected chi connectivity index (χ0v) is 15.6. The average Bonchev–Trinajstić information content (AvgIpc) is 3.22. The lowest BCUT2D eigenvalue weighted by molar-refractivity contribution is -0.126. The average molecular weight is 355 g/mol. The molecule has 2 N–H and O–H groups in total. The fraction of sp³-hybridized carbons (Fsp3) is 0.571. The van der Waals surface area contributed by atoms with E-state index in [2.05, 4.69) is 15.8 Å². The van der Waals surface area contributed by atoms with Crippen molar-refractivity contribution in [3.63, 3.8) is 0 Å². The molecule has 0 aromatic heterocycles. The van der Waals surface area contributed by atoms with Gasteiger partial charge in [-0.1, -0.05) is 44.2 Å². The van der Waals surface area contributed by atoms with E-state index in [0.717, 1.165) is 68.3 Å². The Balaban J connectivity index is 1.59. The van der Waals surface area contributed by atoms with Gasteiger partial charge in [0.15, 0.2) is 0 Å². The second-order valence-corrected chi connectivity index (χ2v) is 7.56. The van der Waals surface area contributed by atoms with E-state index in [1.807, 2.05) is 31.2 Å². The second-order valence-electron chi connectivity index (χ2n) is 7.56. The van der Waals surface area contributed by atoms with E-state index in [1.54, 1.807) is 0 Å². The number of hydrazone groups is 1. The summed E-state index contributed by atoms with van der Waals surface area (Å²) in [6, 6.07) is 7.65. The van der Waals surface area contributed by atoms with Crippen molar-refractivity contribution in [3.8, 4) is 0 Å². The number of hydrogen-bond acceptors (Lipinski definition) is 3. The Morgan fingerprint density at radius 2 is 1.54 bits per heavy atom. The lowest BCUT2D eigenvalue weighted by atomic mass is 9.89. The molecule has 3 rings (SSSR count). The lowest BCUT2D eigenvalue weighted by Crippen LogP contribution is -2.29. The fourth-order valence-electron chi connectivity index (χ4n) is 3.91. The molecule has 0 unspecified atom stereocenters. The molecule has 1 aromatic rings. The van der Waals surface area contributed by atoms with Crippen LogP contribution < -0.4 is 10.7 Å². The molecule has 2 aliphatic carbocycles. The van der Waals surface area contributed by atoms with Crippen molar-refractivity contribution in [2.45, 2.75) is 64.7 Å². The number of nitrogens with zero attached hydrogens (tertiary/aromatic N) is 1.